The van der Waals surface area contributed by atoms with Crippen molar-refractivity contribution in [3.63, 3.8) is 0 Å². The lowest BCUT2D eigenvalue weighted by molar-refractivity contribution is -0.131. The monoisotopic (exact) mass is 360 g/mol. The van der Waals surface area contributed by atoms with E-state index in [1.807, 2.05) is 13.8 Å². The molecule has 7 heteroatoms. The molecular formula is C18H21ClN4O2. The summed E-state index contributed by atoms with van der Waals surface area (Å²) in [7, 11) is 0. The smallest absolute Gasteiger partial charge is 0.255 e. The Morgan fingerprint density at radius 2 is 2.16 bits per heavy atom. The first kappa shape index (κ1) is 17.5. The third kappa shape index (κ3) is 3.26. The number of H-pyrrole nitrogens is 1. The summed E-state index contributed by atoms with van der Waals surface area (Å²) in [5.74, 6) is 0.00521. The number of nitrogens with one attached hydrogen (secondary N) is 1. The molecule has 1 atom stereocenters. The van der Waals surface area contributed by atoms with Crippen molar-refractivity contribution in [2.24, 2.45) is 5.92 Å². The van der Waals surface area contributed by atoms with Gasteiger partial charge in [0.15, 0.2) is 0 Å². The molecule has 3 rings (SSSR count). The molecule has 1 aliphatic heterocycles. The van der Waals surface area contributed by atoms with Gasteiger partial charge in [0, 0.05) is 25.0 Å². The zero-order valence-electron chi connectivity index (χ0n) is 14.3. The molecular weight excluding hydrogens is 340 g/mol. The van der Waals surface area contributed by atoms with E-state index in [4.69, 9.17) is 11.6 Å². The van der Waals surface area contributed by atoms with Gasteiger partial charge in [-0.25, -0.2) is 0 Å². The Bertz CT molecular complexity index is 830. The summed E-state index contributed by atoms with van der Waals surface area (Å²) in [5, 5.41) is 8.10. The Kier molecular flexibility index (Phi) is 4.81. The average Bonchev–Trinajstić information content (AvgIpc) is 3.06. The van der Waals surface area contributed by atoms with Crippen LogP contribution >= 0.6 is 11.6 Å². The van der Waals surface area contributed by atoms with Gasteiger partial charge >= 0.3 is 0 Å². The number of halogens is 1. The predicted molar refractivity (Wildman–Crippen MR) is 97.5 cm³/mol. The molecule has 0 saturated carbocycles. The number of amides is 2. The zero-order valence-corrected chi connectivity index (χ0v) is 15.1. The molecule has 2 aromatic rings. The summed E-state index contributed by atoms with van der Waals surface area (Å²) >= 11 is 6.31. The Labute approximate surface area is 151 Å². The quantitative estimate of drug-likeness (QED) is 0.855. The molecule has 1 aromatic heterocycles. The minimum atomic E-state index is -0.127. The van der Waals surface area contributed by atoms with Crippen LogP contribution in [0.1, 0.15) is 24.2 Å². The minimum absolute atomic E-state index is 0.0436. The highest BCUT2D eigenvalue weighted by Gasteiger charge is 2.34. The van der Waals surface area contributed by atoms with Gasteiger partial charge in [0.05, 0.1) is 28.3 Å². The standard InChI is InChI=1S/C18H21ClN4O2/c1-4-17(24)23-6-5-22(10-16(23)11(2)3)18(25)13-8-15-12(7-14(13)19)9-20-21-15/h4,7-9,11,16H,1,5-6,10H2,2-3H3,(H,20,21)/t16-/m1/s1. The van der Waals surface area contributed by atoms with Gasteiger partial charge in [0.1, 0.15) is 0 Å². The average molecular weight is 361 g/mol. The van der Waals surface area contributed by atoms with Gasteiger partial charge in [-0.1, -0.05) is 32.0 Å². The van der Waals surface area contributed by atoms with Crippen LogP contribution < -0.4 is 0 Å². The van der Waals surface area contributed by atoms with E-state index >= 15 is 0 Å². The molecule has 0 unspecified atom stereocenters. The summed E-state index contributed by atoms with van der Waals surface area (Å²) in [6.07, 6.45) is 3.00. The van der Waals surface area contributed by atoms with Crippen molar-refractivity contribution < 1.29 is 9.59 Å². The molecule has 1 saturated heterocycles. The molecule has 0 radical (unpaired) electrons. The van der Waals surface area contributed by atoms with E-state index in [0.29, 0.717) is 30.2 Å². The second-order valence-corrected chi connectivity index (χ2v) is 6.99. The topological polar surface area (TPSA) is 69.3 Å². The maximum Gasteiger partial charge on any atom is 0.255 e. The molecule has 1 aromatic carbocycles. The molecule has 1 fully saturated rings. The zero-order chi connectivity index (χ0) is 18.1. The van der Waals surface area contributed by atoms with E-state index in [0.717, 1.165) is 10.9 Å². The van der Waals surface area contributed by atoms with E-state index in [1.54, 1.807) is 28.1 Å². The molecule has 132 valence electrons. The van der Waals surface area contributed by atoms with Gasteiger partial charge in [-0.3, -0.25) is 14.7 Å². The number of hydrogen-bond donors (Lipinski definition) is 1. The Morgan fingerprint density at radius 3 is 2.84 bits per heavy atom. The summed E-state index contributed by atoms with van der Waals surface area (Å²) in [6, 6.07) is 3.43. The van der Waals surface area contributed by atoms with Crippen molar-refractivity contribution in [2.75, 3.05) is 19.6 Å². The molecule has 25 heavy (non-hydrogen) atoms. The predicted octanol–water partition coefficient (Wildman–Crippen LogP) is 2.71. The lowest BCUT2D eigenvalue weighted by Crippen LogP contribution is -2.58. The molecule has 1 aliphatic rings. The summed E-state index contributed by atoms with van der Waals surface area (Å²) in [5.41, 5.74) is 1.22. The lowest BCUT2D eigenvalue weighted by Gasteiger charge is -2.43. The van der Waals surface area contributed by atoms with E-state index < -0.39 is 0 Å². The van der Waals surface area contributed by atoms with Gasteiger partial charge in [-0.05, 0) is 24.1 Å². The minimum Gasteiger partial charge on any atom is -0.335 e. The first-order valence-corrected chi connectivity index (χ1v) is 8.65. The molecule has 1 N–H and O–H groups in total. The maximum atomic E-state index is 13.0. The van der Waals surface area contributed by atoms with Gasteiger partial charge in [-0.2, -0.15) is 5.10 Å². The second kappa shape index (κ2) is 6.88. The van der Waals surface area contributed by atoms with Crippen LogP contribution in [-0.4, -0.2) is 57.5 Å². The number of rotatable bonds is 3. The molecule has 0 aliphatic carbocycles. The number of fused-ring (bicyclic) bond motifs is 1. The summed E-state index contributed by atoms with van der Waals surface area (Å²) < 4.78 is 0. The third-order valence-electron chi connectivity index (χ3n) is 4.69. The highest BCUT2D eigenvalue weighted by atomic mass is 35.5. The maximum absolute atomic E-state index is 13.0. The largest absolute Gasteiger partial charge is 0.335 e. The van der Waals surface area contributed by atoms with Crippen LogP contribution in [0.5, 0.6) is 0 Å². The Hall–Kier alpha value is -2.34. The number of aromatic nitrogens is 2. The van der Waals surface area contributed by atoms with Crippen LogP contribution in [0.15, 0.2) is 31.0 Å². The van der Waals surface area contributed by atoms with E-state index in [2.05, 4.69) is 16.8 Å². The van der Waals surface area contributed by atoms with Gasteiger partial charge in [-0.15, -0.1) is 0 Å². The van der Waals surface area contributed by atoms with Crippen LogP contribution in [0, 0.1) is 5.92 Å². The summed E-state index contributed by atoms with van der Waals surface area (Å²) in [6.45, 7) is 9.10. The fraction of sp³-hybridized carbons (Fsp3) is 0.389. The number of benzene rings is 1. The van der Waals surface area contributed by atoms with Gasteiger partial charge < -0.3 is 9.80 Å². The molecule has 6 nitrogen and oxygen atoms in total. The SMILES string of the molecule is C=CC(=O)N1CCN(C(=O)c2cc3[nH]ncc3cc2Cl)C[C@@H]1C(C)C. The molecule has 0 bridgehead atoms. The Morgan fingerprint density at radius 1 is 1.40 bits per heavy atom. The molecule has 0 spiro atoms. The number of aromatic amines is 1. The number of hydrogen-bond acceptors (Lipinski definition) is 3. The van der Waals surface area contributed by atoms with E-state index in [-0.39, 0.29) is 23.8 Å². The van der Waals surface area contributed by atoms with E-state index in [9.17, 15) is 9.59 Å². The number of nitrogens with zero attached hydrogens (tertiary/aromatic N) is 3. The number of piperazine rings is 1. The number of carbonyl (C=O) groups is 2. The van der Waals surface area contributed by atoms with Gasteiger partial charge in [0.2, 0.25) is 5.91 Å². The normalized spacial score (nSPS) is 18.0. The first-order chi connectivity index (χ1) is 11.9. The van der Waals surface area contributed by atoms with E-state index in [1.165, 1.54) is 6.08 Å². The van der Waals surface area contributed by atoms with Crippen molar-refractivity contribution in [2.45, 2.75) is 19.9 Å². The highest BCUT2D eigenvalue weighted by molar-refractivity contribution is 6.34. The van der Waals surface area contributed by atoms with Gasteiger partial charge in [0.25, 0.3) is 5.91 Å². The third-order valence-corrected chi connectivity index (χ3v) is 5.00. The van der Waals surface area contributed by atoms with Crippen molar-refractivity contribution in [1.29, 1.82) is 0 Å². The van der Waals surface area contributed by atoms with Crippen molar-refractivity contribution in [3.05, 3.63) is 41.6 Å². The second-order valence-electron chi connectivity index (χ2n) is 6.59. The first-order valence-electron chi connectivity index (χ1n) is 8.27. The van der Waals surface area contributed by atoms with Crippen LogP contribution in [-0.2, 0) is 4.79 Å². The highest BCUT2D eigenvalue weighted by Crippen LogP contribution is 2.26. The fourth-order valence-corrected chi connectivity index (χ4v) is 3.51. The number of carbonyl (C=O) groups excluding carboxylic acids is 2. The van der Waals surface area contributed by atoms with Crippen LogP contribution in [0.3, 0.4) is 0 Å². The van der Waals surface area contributed by atoms with Crippen molar-refractivity contribution >= 4 is 34.3 Å². The van der Waals surface area contributed by atoms with Crippen LogP contribution in [0.4, 0.5) is 0 Å². The van der Waals surface area contributed by atoms with Crippen LogP contribution in [0.2, 0.25) is 5.02 Å². The molecule has 2 heterocycles. The van der Waals surface area contributed by atoms with Crippen molar-refractivity contribution in [1.82, 2.24) is 20.0 Å². The van der Waals surface area contributed by atoms with Crippen molar-refractivity contribution in [3.8, 4) is 0 Å². The Balaban J connectivity index is 1.85. The van der Waals surface area contributed by atoms with Crippen LogP contribution in [0.25, 0.3) is 10.9 Å². The fourth-order valence-electron chi connectivity index (χ4n) is 3.25. The summed E-state index contributed by atoms with van der Waals surface area (Å²) in [4.78, 5) is 28.6. The molecule has 2 amide bonds. The lowest BCUT2D eigenvalue weighted by atomic mass is 9.98.